The third kappa shape index (κ3) is 4.58. The molecule has 0 aromatic heterocycles. The topological polar surface area (TPSA) is 67.4 Å². The van der Waals surface area contributed by atoms with Crippen LogP contribution in [0, 0.1) is 0 Å². The molecular formula is C12H13BrN2O3. The van der Waals surface area contributed by atoms with Crippen molar-refractivity contribution in [3.63, 3.8) is 0 Å². The number of hydrogen-bond acceptors (Lipinski definition) is 3. The number of methoxy groups -OCH3 is 1. The maximum Gasteiger partial charge on any atom is 0.262 e. The lowest BCUT2D eigenvalue weighted by Gasteiger charge is -2.05. The van der Waals surface area contributed by atoms with Crippen LogP contribution < -0.4 is 15.6 Å². The van der Waals surface area contributed by atoms with Gasteiger partial charge in [-0.15, -0.1) is 0 Å². The molecule has 5 nitrogen and oxygen atoms in total. The van der Waals surface area contributed by atoms with E-state index in [-0.39, 0.29) is 5.91 Å². The van der Waals surface area contributed by atoms with Gasteiger partial charge in [-0.2, -0.15) is 0 Å². The zero-order chi connectivity index (χ0) is 13.5. The zero-order valence-electron chi connectivity index (χ0n) is 9.99. The Bertz CT molecular complexity index is 486. The predicted octanol–water partition coefficient (Wildman–Crippen LogP) is 1.64. The molecule has 0 atom stereocenters. The summed E-state index contributed by atoms with van der Waals surface area (Å²) in [6.07, 6.45) is 2.91. The Morgan fingerprint density at radius 3 is 2.67 bits per heavy atom. The van der Waals surface area contributed by atoms with Crippen molar-refractivity contribution >= 4 is 33.8 Å². The molecule has 0 aliphatic carbocycles. The fourth-order valence-corrected chi connectivity index (χ4v) is 1.52. The van der Waals surface area contributed by atoms with Crippen LogP contribution in [0.2, 0.25) is 0 Å². The number of hydrazine groups is 1. The van der Waals surface area contributed by atoms with Gasteiger partial charge >= 0.3 is 0 Å². The third-order valence-corrected chi connectivity index (χ3v) is 2.46. The van der Waals surface area contributed by atoms with E-state index in [1.54, 1.807) is 19.3 Å². The Balaban J connectivity index is 2.72. The van der Waals surface area contributed by atoms with Crippen LogP contribution in [0.3, 0.4) is 0 Å². The second-order valence-corrected chi connectivity index (χ2v) is 4.31. The molecule has 2 amide bonds. The fraction of sp³-hybridized carbons (Fsp3) is 0.167. The molecule has 6 heteroatoms. The largest absolute Gasteiger partial charge is 0.496 e. The normalized spacial score (nSPS) is 10.2. The molecule has 0 bridgehead atoms. The average Bonchev–Trinajstić information content (AvgIpc) is 2.34. The van der Waals surface area contributed by atoms with Gasteiger partial charge in [-0.05, 0) is 18.2 Å². The van der Waals surface area contributed by atoms with E-state index in [1.807, 2.05) is 12.1 Å². The minimum atomic E-state index is -0.421. The van der Waals surface area contributed by atoms with Crippen LogP contribution in [0.4, 0.5) is 0 Å². The van der Waals surface area contributed by atoms with E-state index < -0.39 is 5.91 Å². The van der Waals surface area contributed by atoms with E-state index in [0.717, 1.165) is 10.0 Å². The molecule has 0 saturated carbocycles. The molecule has 2 N–H and O–H groups in total. The van der Waals surface area contributed by atoms with E-state index in [2.05, 4.69) is 26.8 Å². The maximum absolute atomic E-state index is 11.3. The first-order valence-corrected chi connectivity index (χ1v) is 5.90. The lowest BCUT2D eigenvalue weighted by Crippen LogP contribution is -2.39. The van der Waals surface area contributed by atoms with E-state index in [1.165, 1.54) is 13.0 Å². The van der Waals surface area contributed by atoms with Gasteiger partial charge in [0.25, 0.3) is 5.91 Å². The number of benzene rings is 1. The van der Waals surface area contributed by atoms with Gasteiger partial charge in [-0.3, -0.25) is 20.4 Å². The van der Waals surface area contributed by atoms with Crippen molar-refractivity contribution in [1.82, 2.24) is 10.9 Å². The summed E-state index contributed by atoms with van der Waals surface area (Å²) in [6.45, 7) is 1.31. The number of ether oxygens (including phenoxy) is 1. The Kier molecular flexibility index (Phi) is 5.38. The monoisotopic (exact) mass is 312 g/mol. The molecule has 18 heavy (non-hydrogen) atoms. The van der Waals surface area contributed by atoms with Crippen molar-refractivity contribution in [3.8, 4) is 5.75 Å². The van der Waals surface area contributed by atoms with Crippen LogP contribution in [0.5, 0.6) is 5.75 Å². The first-order valence-electron chi connectivity index (χ1n) is 5.11. The van der Waals surface area contributed by atoms with Crippen LogP contribution in [-0.2, 0) is 9.59 Å². The number of carbonyl (C=O) groups is 2. The molecule has 96 valence electrons. The summed E-state index contributed by atoms with van der Waals surface area (Å²) in [5.41, 5.74) is 5.18. The lowest BCUT2D eigenvalue weighted by molar-refractivity contribution is -0.125. The van der Waals surface area contributed by atoms with Gasteiger partial charge in [0.2, 0.25) is 5.91 Å². The zero-order valence-corrected chi connectivity index (χ0v) is 11.6. The second kappa shape index (κ2) is 6.80. The van der Waals surface area contributed by atoms with Gasteiger partial charge in [-0.1, -0.05) is 22.0 Å². The van der Waals surface area contributed by atoms with E-state index >= 15 is 0 Å². The molecular weight excluding hydrogens is 300 g/mol. The summed E-state index contributed by atoms with van der Waals surface area (Å²) in [5.74, 6) is -0.110. The van der Waals surface area contributed by atoms with Gasteiger partial charge in [-0.25, -0.2) is 0 Å². The van der Waals surface area contributed by atoms with E-state index in [0.29, 0.717) is 5.75 Å². The predicted molar refractivity (Wildman–Crippen MR) is 71.7 cm³/mol. The van der Waals surface area contributed by atoms with Crippen LogP contribution in [-0.4, -0.2) is 18.9 Å². The summed E-state index contributed by atoms with van der Waals surface area (Å²) in [4.78, 5) is 21.9. The van der Waals surface area contributed by atoms with Crippen molar-refractivity contribution in [2.45, 2.75) is 6.92 Å². The summed E-state index contributed by atoms with van der Waals surface area (Å²) in [6, 6.07) is 5.45. The third-order valence-electron chi connectivity index (χ3n) is 1.97. The van der Waals surface area contributed by atoms with Crippen LogP contribution in [0.15, 0.2) is 28.7 Å². The van der Waals surface area contributed by atoms with Gasteiger partial charge in [0.05, 0.1) is 7.11 Å². The minimum Gasteiger partial charge on any atom is -0.496 e. The number of halogens is 1. The molecule has 0 aliphatic rings. The van der Waals surface area contributed by atoms with E-state index in [9.17, 15) is 9.59 Å². The van der Waals surface area contributed by atoms with Crippen LogP contribution >= 0.6 is 15.9 Å². The number of carbonyl (C=O) groups excluding carboxylic acids is 2. The van der Waals surface area contributed by atoms with Crippen molar-refractivity contribution < 1.29 is 14.3 Å². The minimum absolute atomic E-state index is 0.335. The first-order chi connectivity index (χ1) is 8.52. The van der Waals surface area contributed by atoms with E-state index in [4.69, 9.17) is 4.74 Å². The molecule has 0 aliphatic heterocycles. The average molecular weight is 313 g/mol. The molecule has 0 unspecified atom stereocenters. The highest BCUT2D eigenvalue weighted by molar-refractivity contribution is 9.10. The number of hydrogen-bond donors (Lipinski definition) is 2. The summed E-state index contributed by atoms with van der Waals surface area (Å²) in [7, 11) is 1.55. The molecule has 0 saturated heterocycles. The van der Waals surface area contributed by atoms with Crippen molar-refractivity contribution in [3.05, 3.63) is 34.3 Å². The lowest BCUT2D eigenvalue weighted by atomic mass is 10.2. The smallest absolute Gasteiger partial charge is 0.262 e. The Morgan fingerprint density at radius 1 is 1.33 bits per heavy atom. The highest BCUT2D eigenvalue weighted by Gasteiger charge is 2.01. The van der Waals surface area contributed by atoms with Crippen molar-refractivity contribution in [2.24, 2.45) is 0 Å². The maximum atomic E-state index is 11.3. The number of nitrogens with one attached hydrogen (secondary N) is 2. The first kappa shape index (κ1) is 14.2. The van der Waals surface area contributed by atoms with Crippen molar-refractivity contribution in [2.75, 3.05) is 7.11 Å². The molecule has 1 aromatic rings. The quantitative estimate of drug-likeness (QED) is 0.658. The molecule has 1 rings (SSSR count). The van der Waals surface area contributed by atoms with Gasteiger partial charge < -0.3 is 4.74 Å². The summed E-state index contributed by atoms with van der Waals surface area (Å²) >= 11 is 3.33. The highest BCUT2D eigenvalue weighted by Crippen LogP contribution is 2.24. The fourth-order valence-electron chi connectivity index (χ4n) is 1.18. The molecule has 0 fully saturated rings. The summed E-state index contributed by atoms with van der Waals surface area (Å²) in [5, 5.41) is 0. The highest BCUT2D eigenvalue weighted by atomic mass is 79.9. The standard InChI is InChI=1S/C12H13BrN2O3/c1-8(16)14-15-12(17)6-4-9-3-5-10(13)7-11(9)18-2/h3-7H,1-2H3,(H,14,16)(H,15,17)/b6-4+. The van der Waals surface area contributed by atoms with Crippen LogP contribution in [0.25, 0.3) is 6.08 Å². The SMILES string of the molecule is COc1cc(Br)ccc1/C=C/C(=O)NNC(C)=O. The Hall–Kier alpha value is -1.82. The van der Waals surface area contributed by atoms with Gasteiger partial charge in [0, 0.05) is 23.0 Å². The molecule has 1 aromatic carbocycles. The molecule has 0 spiro atoms. The molecule has 0 radical (unpaired) electrons. The number of amides is 2. The Morgan fingerprint density at radius 2 is 2.06 bits per heavy atom. The number of rotatable bonds is 3. The van der Waals surface area contributed by atoms with Crippen molar-refractivity contribution in [1.29, 1.82) is 0 Å². The second-order valence-electron chi connectivity index (χ2n) is 3.39. The van der Waals surface area contributed by atoms with Crippen LogP contribution in [0.1, 0.15) is 12.5 Å². The Labute approximate surface area is 113 Å². The summed E-state index contributed by atoms with van der Waals surface area (Å²) < 4.78 is 6.06. The molecule has 0 heterocycles. The van der Waals surface area contributed by atoms with Gasteiger partial charge in [0.1, 0.15) is 5.75 Å². The van der Waals surface area contributed by atoms with Gasteiger partial charge in [0.15, 0.2) is 0 Å².